The summed E-state index contributed by atoms with van der Waals surface area (Å²) in [6.45, 7) is 0. The molecule has 1 aromatic heterocycles. The molecule has 0 aliphatic rings. The first-order chi connectivity index (χ1) is 11.6. The number of rotatable bonds is 4. The standard InChI is InChI=1S/C15H13N5O4/c1-24-14-7-10(20(22)23)3-5-12(14)19-15(21)18-9-2-4-11-13(6-9)17-8-16-11/h2-8H,1H3,(H,16,17)(H2,18,19,21). The number of anilines is 2. The molecule has 0 atom stereocenters. The number of amides is 2. The van der Waals surface area contributed by atoms with Gasteiger partial charge in [-0.2, -0.15) is 0 Å². The second-order valence-electron chi connectivity index (χ2n) is 4.86. The molecule has 9 heteroatoms. The quantitative estimate of drug-likeness (QED) is 0.502. The highest BCUT2D eigenvalue weighted by molar-refractivity contribution is 6.01. The van der Waals surface area contributed by atoms with E-state index in [1.807, 2.05) is 0 Å². The fourth-order valence-corrected chi connectivity index (χ4v) is 2.19. The number of benzene rings is 2. The van der Waals surface area contributed by atoms with Gasteiger partial charge >= 0.3 is 6.03 Å². The van der Waals surface area contributed by atoms with Crippen molar-refractivity contribution in [2.45, 2.75) is 0 Å². The lowest BCUT2D eigenvalue weighted by Gasteiger charge is -2.11. The molecule has 3 rings (SSSR count). The van der Waals surface area contributed by atoms with E-state index >= 15 is 0 Å². The number of aromatic nitrogens is 2. The minimum atomic E-state index is -0.536. The van der Waals surface area contributed by atoms with Crippen LogP contribution in [0.5, 0.6) is 5.75 Å². The zero-order valence-corrected chi connectivity index (χ0v) is 12.6. The normalized spacial score (nSPS) is 10.4. The van der Waals surface area contributed by atoms with Crippen LogP contribution in [-0.2, 0) is 0 Å². The Balaban J connectivity index is 1.75. The third kappa shape index (κ3) is 3.09. The van der Waals surface area contributed by atoms with Gasteiger partial charge < -0.3 is 20.4 Å². The van der Waals surface area contributed by atoms with Crippen LogP contribution in [0.4, 0.5) is 21.9 Å². The third-order valence-corrected chi connectivity index (χ3v) is 3.32. The van der Waals surface area contributed by atoms with Gasteiger partial charge in [-0.1, -0.05) is 0 Å². The SMILES string of the molecule is COc1cc([N+](=O)[O-])ccc1NC(=O)Nc1ccc2nc[nH]c2c1. The Kier molecular flexibility index (Phi) is 3.98. The van der Waals surface area contributed by atoms with Crippen LogP contribution in [0, 0.1) is 10.1 Å². The second kappa shape index (κ2) is 6.24. The number of non-ortho nitro benzene ring substituents is 1. The number of H-pyrrole nitrogens is 1. The van der Waals surface area contributed by atoms with E-state index in [1.165, 1.54) is 25.3 Å². The molecule has 0 aliphatic carbocycles. The second-order valence-corrected chi connectivity index (χ2v) is 4.86. The molecule has 3 N–H and O–H groups in total. The molecule has 0 unspecified atom stereocenters. The maximum atomic E-state index is 12.1. The van der Waals surface area contributed by atoms with Crippen LogP contribution >= 0.6 is 0 Å². The largest absolute Gasteiger partial charge is 0.494 e. The van der Waals surface area contributed by atoms with Crippen molar-refractivity contribution < 1.29 is 14.5 Å². The number of nitro groups is 1. The smallest absolute Gasteiger partial charge is 0.323 e. The van der Waals surface area contributed by atoms with E-state index in [0.717, 1.165) is 11.0 Å². The lowest BCUT2D eigenvalue weighted by atomic mass is 10.2. The Morgan fingerprint density at radius 3 is 2.83 bits per heavy atom. The van der Waals surface area contributed by atoms with Gasteiger partial charge in [0.1, 0.15) is 5.75 Å². The molecular formula is C15H13N5O4. The highest BCUT2D eigenvalue weighted by Gasteiger charge is 2.13. The number of ether oxygens (including phenoxy) is 1. The van der Waals surface area contributed by atoms with Gasteiger partial charge in [-0.05, 0) is 24.3 Å². The maximum absolute atomic E-state index is 12.1. The van der Waals surface area contributed by atoms with Gasteiger partial charge in [-0.3, -0.25) is 10.1 Å². The fourth-order valence-electron chi connectivity index (χ4n) is 2.19. The first-order valence-corrected chi connectivity index (χ1v) is 6.90. The van der Waals surface area contributed by atoms with Crippen molar-refractivity contribution in [1.29, 1.82) is 0 Å². The number of methoxy groups -OCH3 is 1. The van der Waals surface area contributed by atoms with Crippen LogP contribution in [0.2, 0.25) is 0 Å². The number of carbonyl (C=O) groups excluding carboxylic acids is 1. The maximum Gasteiger partial charge on any atom is 0.323 e. The molecule has 9 nitrogen and oxygen atoms in total. The molecule has 0 radical (unpaired) electrons. The van der Waals surface area contributed by atoms with Crippen molar-refractivity contribution in [2.24, 2.45) is 0 Å². The third-order valence-electron chi connectivity index (χ3n) is 3.32. The molecule has 24 heavy (non-hydrogen) atoms. The first kappa shape index (κ1) is 15.3. The first-order valence-electron chi connectivity index (χ1n) is 6.90. The number of nitro benzene ring substituents is 1. The summed E-state index contributed by atoms with van der Waals surface area (Å²) in [5.41, 5.74) is 2.36. The van der Waals surface area contributed by atoms with E-state index in [0.29, 0.717) is 11.4 Å². The molecule has 0 bridgehead atoms. The summed E-state index contributed by atoms with van der Waals surface area (Å²) >= 11 is 0. The van der Waals surface area contributed by atoms with E-state index in [-0.39, 0.29) is 11.4 Å². The molecule has 2 amide bonds. The van der Waals surface area contributed by atoms with Crippen molar-refractivity contribution in [2.75, 3.05) is 17.7 Å². The van der Waals surface area contributed by atoms with Crippen LogP contribution in [0.15, 0.2) is 42.7 Å². The van der Waals surface area contributed by atoms with E-state index in [2.05, 4.69) is 20.6 Å². The average Bonchev–Trinajstić information content (AvgIpc) is 3.02. The summed E-state index contributed by atoms with van der Waals surface area (Å²) in [5.74, 6) is 0.198. The summed E-state index contributed by atoms with van der Waals surface area (Å²) in [6.07, 6.45) is 1.57. The Hall–Kier alpha value is -3.62. The van der Waals surface area contributed by atoms with Gasteiger partial charge in [-0.25, -0.2) is 9.78 Å². The van der Waals surface area contributed by atoms with Gasteiger partial charge in [0.05, 0.1) is 41.1 Å². The predicted octanol–water partition coefficient (Wildman–Crippen LogP) is 3.12. The highest BCUT2D eigenvalue weighted by atomic mass is 16.6. The summed E-state index contributed by atoms with van der Waals surface area (Å²) in [4.78, 5) is 29.4. The number of nitrogens with one attached hydrogen (secondary N) is 3. The Morgan fingerprint density at radius 1 is 1.25 bits per heavy atom. The minimum absolute atomic E-state index is 0.123. The molecule has 3 aromatic rings. The van der Waals surface area contributed by atoms with Crippen molar-refractivity contribution in [1.82, 2.24) is 9.97 Å². The Bertz CT molecular complexity index is 921. The predicted molar refractivity (Wildman–Crippen MR) is 88.4 cm³/mol. The van der Waals surface area contributed by atoms with Crippen LogP contribution in [0.1, 0.15) is 0 Å². The lowest BCUT2D eigenvalue weighted by Crippen LogP contribution is -2.19. The Labute approximate surface area is 135 Å². The number of hydrogen-bond acceptors (Lipinski definition) is 5. The van der Waals surface area contributed by atoms with Crippen LogP contribution in [0.3, 0.4) is 0 Å². The van der Waals surface area contributed by atoms with Crippen molar-refractivity contribution in [3.05, 3.63) is 52.8 Å². The van der Waals surface area contributed by atoms with Gasteiger partial charge in [0, 0.05) is 11.8 Å². The van der Waals surface area contributed by atoms with E-state index < -0.39 is 11.0 Å². The van der Waals surface area contributed by atoms with Crippen LogP contribution in [0.25, 0.3) is 11.0 Å². The summed E-state index contributed by atoms with van der Waals surface area (Å²) in [5, 5.41) is 16.0. The minimum Gasteiger partial charge on any atom is -0.494 e. The van der Waals surface area contributed by atoms with Crippen molar-refractivity contribution in [3.8, 4) is 5.75 Å². The van der Waals surface area contributed by atoms with E-state index in [4.69, 9.17) is 4.74 Å². The zero-order valence-electron chi connectivity index (χ0n) is 12.6. The van der Waals surface area contributed by atoms with Crippen LogP contribution < -0.4 is 15.4 Å². The Morgan fingerprint density at radius 2 is 2.08 bits per heavy atom. The molecule has 122 valence electrons. The summed E-state index contributed by atoms with van der Waals surface area (Å²) in [7, 11) is 1.37. The summed E-state index contributed by atoms with van der Waals surface area (Å²) < 4.78 is 5.07. The number of imidazole rings is 1. The monoisotopic (exact) mass is 327 g/mol. The van der Waals surface area contributed by atoms with Crippen molar-refractivity contribution >= 4 is 34.1 Å². The van der Waals surface area contributed by atoms with Gasteiger partial charge in [0.15, 0.2) is 0 Å². The zero-order chi connectivity index (χ0) is 17.1. The average molecular weight is 327 g/mol. The number of aromatic amines is 1. The fraction of sp³-hybridized carbons (Fsp3) is 0.0667. The number of hydrogen-bond donors (Lipinski definition) is 3. The molecule has 0 fully saturated rings. The van der Waals surface area contributed by atoms with Gasteiger partial charge in [0.2, 0.25) is 0 Å². The molecular weight excluding hydrogens is 314 g/mol. The lowest BCUT2D eigenvalue weighted by molar-refractivity contribution is -0.384. The molecule has 0 aliphatic heterocycles. The van der Waals surface area contributed by atoms with E-state index in [9.17, 15) is 14.9 Å². The van der Waals surface area contributed by atoms with E-state index in [1.54, 1.807) is 24.5 Å². The van der Waals surface area contributed by atoms with Crippen LogP contribution in [-0.4, -0.2) is 28.0 Å². The molecule has 0 saturated heterocycles. The van der Waals surface area contributed by atoms with Gasteiger partial charge in [0.25, 0.3) is 5.69 Å². The van der Waals surface area contributed by atoms with Crippen molar-refractivity contribution in [3.63, 3.8) is 0 Å². The number of nitrogens with zero attached hydrogens (tertiary/aromatic N) is 2. The molecule has 0 spiro atoms. The molecule has 0 saturated carbocycles. The molecule has 1 heterocycles. The number of carbonyl (C=O) groups is 1. The highest BCUT2D eigenvalue weighted by Crippen LogP contribution is 2.29. The topological polar surface area (TPSA) is 122 Å². The summed E-state index contributed by atoms with van der Waals surface area (Å²) in [6, 6.07) is 8.68. The number of fused-ring (bicyclic) bond motifs is 1. The number of urea groups is 1. The van der Waals surface area contributed by atoms with Gasteiger partial charge in [-0.15, -0.1) is 0 Å². The molecule has 2 aromatic carbocycles.